The van der Waals surface area contributed by atoms with Crippen LogP contribution in [0, 0.1) is 0 Å². The zero-order valence-electron chi connectivity index (χ0n) is 9.46. The van der Waals surface area contributed by atoms with Crippen LogP contribution >= 0.6 is 15.9 Å². The second-order valence-electron chi connectivity index (χ2n) is 4.31. The molecule has 2 nitrogen and oxygen atoms in total. The third-order valence-electron chi connectivity index (χ3n) is 3.29. The summed E-state index contributed by atoms with van der Waals surface area (Å²) in [5, 5.41) is 9.97. The summed E-state index contributed by atoms with van der Waals surface area (Å²) >= 11 is 3.59. The lowest BCUT2D eigenvalue weighted by molar-refractivity contribution is 0.405. The lowest BCUT2D eigenvalue weighted by Gasteiger charge is -2.27. The Morgan fingerprint density at radius 3 is 2.75 bits per heavy atom. The maximum atomic E-state index is 9.97. The number of phenols is 1. The Kier molecular flexibility index (Phi) is 2.98. The van der Waals surface area contributed by atoms with E-state index >= 15 is 0 Å². The number of aromatic hydroxyl groups is 1. The lowest BCUT2D eigenvalue weighted by atomic mass is 9.81. The number of rotatable bonds is 2. The van der Waals surface area contributed by atoms with Crippen LogP contribution in [0.3, 0.4) is 0 Å². The molecule has 0 radical (unpaired) electrons. The molecule has 16 heavy (non-hydrogen) atoms. The minimum absolute atomic E-state index is 0.126. The Morgan fingerprint density at radius 1 is 1.44 bits per heavy atom. The second kappa shape index (κ2) is 4.13. The van der Waals surface area contributed by atoms with Gasteiger partial charge in [0.1, 0.15) is 11.5 Å². The monoisotopic (exact) mass is 282 g/mol. The summed E-state index contributed by atoms with van der Waals surface area (Å²) in [6.07, 6.45) is 4.21. The first-order valence-electron chi connectivity index (χ1n) is 5.31. The molecule has 1 aliphatic rings. The van der Waals surface area contributed by atoms with Gasteiger partial charge in [-0.3, -0.25) is 0 Å². The topological polar surface area (TPSA) is 29.5 Å². The van der Waals surface area contributed by atoms with Crippen LogP contribution < -0.4 is 4.74 Å². The number of methoxy groups -OCH3 is 1. The van der Waals surface area contributed by atoms with Crippen molar-refractivity contribution < 1.29 is 9.84 Å². The van der Waals surface area contributed by atoms with E-state index in [-0.39, 0.29) is 5.41 Å². The number of allylic oxidation sites excluding steroid dienone is 2. The highest BCUT2D eigenvalue weighted by Crippen LogP contribution is 2.48. The molecule has 1 aliphatic carbocycles. The molecule has 3 heteroatoms. The molecule has 1 N–H and O–H groups in total. The Hall–Kier alpha value is -0.960. The molecule has 0 aliphatic heterocycles. The predicted octanol–water partition coefficient (Wildman–Crippen LogP) is 3.73. The third-order valence-corrected chi connectivity index (χ3v) is 4.49. The summed E-state index contributed by atoms with van der Waals surface area (Å²) < 4.78 is 6.35. The van der Waals surface area contributed by atoms with Gasteiger partial charge < -0.3 is 9.84 Å². The minimum atomic E-state index is -0.126. The van der Waals surface area contributed by atoms with Crippen molar-refractivity contribution in [1.82, 2.24) is 0 Å². The number of ether oxygens (including phenoxy) is 1. The first kappa shape index (κ1) is 11.5. The van der Waals surface area contributed by atoms with Gasteiger partial charge in [-0.15, -0.1) is 0 Å². The van der Waals surface area contributed by atoms with Crippen LogP contribution in [0.15, 0.2) is 28.8 Å². The van der Waals surface area contributed by atoms with Gasteiger partial charge in [0.05, 0.1) is 7.11 Å². The molecule has 0 bridgehead atoms. The van der Waals surface area contributed by atoms with Crippen molar-refractivity contribution in [2.45, 2.75) is 25.2 Å². The van der Waals surface area contributed by atoms with Crippen LogP contribution in [0.25, 0.3) is 0 Å². The van der Waals surface area contributed by atoms with E-state index in [1.54, 1.807) is 19.2 Å². The summed E-state index contributed by atoms with van der Waals surface area (Å²) in [6, 6.07) is 5.38. The fourth-order valence-electron chi connectivity index (χ4n) is 2.18. The van der Waals surface area contributed by atoms with Crippen molar-refractivity contribution in [3.8, 4) is 11.5 Å². The van der Waals surface area contributed by atoms with Crippen molar-refractivity contribution in [3.63, 3.8) is 0 Å². The molecule has 0 spiro atoms. The summed E-state index contributed by atoms with van der Waals surface area (Å²) in [6.45, 7) is 2.13. The molecule has 1 unspecified atom stereocenters. The third kappa shape index (κ3) is 1.73. The van der Waals surface area contributed by atoms with Crippen LogP contribution in [0.1, 0.15) is 25.3 Å². The molecule has 2 rings (SSSR count). The highest BCUT2D eigenvalue weighted by molar-refractivity contribution is 9.11. The first-order chi connectivity index (χ1) is 7.58. The average Bonchev–Trinajstić information content (AvgIpc) is 2.61. The predicted molar refractivity (Wildman–Crippen MR) is 68.3 cm³/mol. The van der Waals surface area contributed by atoms with E-state index in [0.717, 1.165) is 28.6 Å². The first-order valence-corrected chi connectivity index (χ1v) is 6.11. The van der Waals surface area contributed by atoms with Gasteiger partial charge in [-0.2, -0.15) is 0 Å². The van der Waals surface area contributed by atoms with Gasteiger partial charge in [0.25, 0.3) is 0 Å². The van der Waals surface area contributed by atoms with Gasteiger partial charge in [-0.25, -0.2) is 0 Å². The van der Waals surface area contributed by atoms with E-state index in [1.807, 2.05) is 6.07 Å². The second-order valence-corrected chi connectivity index (χ2v) is 5.16. The molecule has 1 aromatic carbocycles. The van der Waals surface area contributed by atoms with Gasteiger partial charge in [0.15, 0.2) is 0 Å². The van der Waals surface area contributed by atoms with Crippen LogP contribution in [0.4, 0.5) is 0 Å². The number of hydrogen-bond donors (Lipinski definition) is 1. The molecule has 1 atom stereocenters. The standard InChI is InChI=1S/C13H15BrO2/c1-13(7-3-4-12(13)14)10-8-9(16-2)5-6-11(10)15/h4-6,8,15H,3,7H2,1-2H3. The van der Waals surface area contributed by atoms with Crippen LogP contribution in [-0.2, 0) is 5.41 Å². The van der Waals surface area contributed by atoms with Gasteiger partial charge in [0, 0.05) is 15.5 Å². The Labute approximate surface area is 104 Å². The van der Waals surface area contributed by atoms with Crippen LogP contribution in [0.2, 0.25) is 0 Å². The molecular weight excluding hydrogens is 268 g/mol. The summed E-state index contributed by atoms with van der Waals surface area (Å²) in [4.78, 5) is 0. The fourth-order valence-corrected chi connectivity index (χ4v) is 2.82. The normalized spacial score (nSPS) is 24.3. The zero-order chi connectivity index (χ0) is 11.8. The van der Waals surface area contributed by atoms with Crippen molar-refractivity contribution in [2.24, 2.45) is 0 Å². The summed E-state index contributed by atoms with van der Waals surface area (Å²) in [7, 11) is 1.64. The molecule has 0 fully saturated rings. The Morgan fingerprint density at radius 2 is 2.19 bits per heavy atom. The van der Waals surface area contributed by atoms with E-state index in [9.17, 15) is 5.11 Å². The molecule has 0 aromatic heterocycles. The summed E-state index contributed by atoms with van der Waals surface area (Å²) in [5.74, 6) is 1.11. The van der Waals surface area contributed by atoms with Gasteiger partial charge in [-0.1, -0.05) is 28.9 Å². The quantitative estimate of drug-likeness (QED) is 0.896. The van der Waals surface area contributed by atoms with Crippen LogP contribution in [-0.4, -0.2) is 12.2 Å². The smallest absolute Gasteiger partial charge is 0.119 e. The Balaban J connectivity index is 2.51. The molecule has 0 saturated carbocycles. The largest absolute Gasteiger partial charge is 0.508 e. The molecule has 86 valence electrons. The molecule has 1 aromatic rings. The highest BCUT2D eigenvalue weighted by atomic mass is 79.9. The number of benzene rings is 1. The van der Waals surface area contributed by atoms with E-state index in [1.165, 1.54) is 0 Å². The average molecular weight is 283 g/mol. The van der Waals surface area contributed by atoms with E-state index in [4.69, 9.17) is 4.74 Å². The zero-order valence-corrected chi connectivity index (χ0v) is 11.0. The number of phenolic OH excluding ortho intramolecular Hbond substituents is 1. The Bertz CT molecular complexity index is 440. The minimum Gasteiger partial charge on any atom is -0.508 e. The van der Waals surface area contributed by atoms with E-state index < -0.39 is 0 Å². The molecular formula is C13H15BrO2. The van der Waals surface area contributed by atoms with Gasteiger partial charge in [-0.05, 0) is 31.0 Å². The van der Waals surface area contributed by atoms with Gasteiger partial charge >= 0.3 is 0 Å². The SMILES string of the molecule is COc1ccc(O)c(C2(C)CCC=C2Br)c1. The van der Waals surface area contributed by atoms with Crippen molar-refractivity contribution in [1.29, 1.82) is 0 Å². The fraction of sp³-hybridized carbons (Fsp3) is 0.385. The van der Waals surface area contributed by atoms with Crippen molar-refractivity contribution in [3.05, 3.63) is 34.3 Å². The lowest BCUT2D eigenvalue weighted by Crippen LogP contribution is -2.18. The molecule has 0 heterocycles. The molecule has 0 saturated heterocycles. The van der Waals surface area contributed by atoms with Crippen molar-refractivity contribution >= 4 is 15.9 Å². The number of hydrogen-bond acceptors (Lipinski definition) is 2. The van der Waals surface area contributed by atoms with Crippen LogP contribution in [0.5, 0.6) is 11.5 Å². The number of halogens is 1. The highest BCUT2D eigenvalue weighted by Gasteiger charge is 2.35. The molecule has 0 amide bonds. The van der Waals surface area contributed by atoms with E-state index in [2.05, 4.69) is 28.9 Å². The van der Waals surface area contributed by atoms with E-state index in [0.29, 0.717) is 5.75 Å². The maximum Gasteiger partial charge on any atom is 0.119 e. The summed E-state index contributed by atoms with van der Waals surface area (Å²) in [5.41, 5.74) is 0.797. The van der Waals surface area contributed by atoms with Crippen molar-refractivity contribution in [2.75, 3.05) is 7.11 Å². The maximum absolute atomic E-state index is 9.97. The van der Waals surface area contributed by atoms with Gasteiger partial charge in [0.2, 0.25) is 0 Å².